The number of nitrogens with zero attached hydrogens (tertiary/aromatic N) is 5. The number of rotatable bonds is 5. The fourth-order valence-corrected chi connectivity index (χ4v) is 2.72. The van der Waals surface area contributed by atoms with E-state index in [1.807, 2.05) is 31.1 Å². The van der Waals surface area contributed by atoms with Crippen molar-refractivity contribution in [2.24, 2.45) is 4.99 Å². The lowest BCUT2D eigenvalue weighted by Crippen LogP contribution is -2.39. The molecule has 0 aliphatic heterocycles. The minimum absolute atomic E-state index is 0.0221. The monoisotopic (exact) mass is 399 g/mol. The zero-order chi connectivity index (χ0) is 20.1. The summed E-state index contributed by atoms with van der Waals surface area (Å²) in [6, 6.07) is 15.4. The Morgan fingerprint density at radius 2 is 1.57 bits per heavy atom. The van der Waals surface area contributed by atoms with Crippen LogP contribution in [-0.4, -0.2) is 37.3 Å². The van der Waals surface area contributed by atoms with Crippen LogP contribution in [0.5, 0.6) is 0 Å². The number of halogens is 3. The molecule has 2 aromatic carbocycles. The molecule has 9 heteroatoms. The topological polar surface area (TPSA) is 44.6 Å². The fourth-order valence-electron chi connectivity index (χ4n) is 2.57. The number of hydrogen-bond acceptors (Lipinski definition) is 4. The molecular weight excluding hydrogens is 383 g/mol. The third kappa shape index (κ3) is 4.45. The molecule has 0 unspecified atom stereocenters. The predicted molar refractivity (Wildman–Crippen MR) is 111 cm³/mol. The van der Waals surface area contributed by atoms with Gasteiger partial charge in [0.2, 0.25) is 0 Å². The molecule has 0 fully saturated rings. The minimum Gasteiger partial charge on any atom is -0.378 e. The van der Waals surface area contributed by atoms with Crippen LogP contribution < -0.4 is 9.71 Å². The summed E-state index contributed by atoms with van der Waals surface area (Å²) < 4.78 is 28.2. The molecule has 0 saturated carbocycles. The molecule has 142 valence electrons. The van der Waals surface area contributed by atoms with Gasteiger partial charge in [-0.25, -0.2) is 15.0 Å². The first-order valence-electron chi connectivity index (χ1n) is 8.43. The largest absolute Gasteiger partial charge is 0.679 e. The van der Waals surface area contributed by atoms with Crippen molar-refractivity contribution >= 4 is 42.0 Å². The maximum Gasteiger partial charge on any atom is 0.679 e. The summed E-state index contributed by atoms with van der Waals surface area (Å²) in [5.41, 5.74) is 1.73. The first kappa shape index (κ1) is 19.8. The van der Waals surface area contributed by atoms with Crippen LogP contribution >= 0.6 is 11.6 Å². The quantitative estimate of drug-likeness (QED) is 0.354. The summed E-state index contributed by atoms with van der Waals surface area (Å²) in [4.78, 5) is 15.1. The van der Waals surface area contributed by atoms with Gasteiger partial charge in [-0.3, -0.25) is 8.63 Å². The van der Waals surface area contributed by atoms with E-state index in [4.69, 9.17) is 11.6 Å². The van der Waals surface area contributed by atoms with Gasteiger partial charge in [0, 0.05) is 43.4 Å². The Balaban J connectivity index is 2.17. The van der Waals surface area contributed by atoms with Crippen molar-refractivity contribution in [2.75, 3.05) is 23.8 Å². The van der Waals surface area contributed by atoms with Crippen molar-refractivity contribution in [2.45, 2.75) is 0 Å². The average molecular weight is 400 g/mol. The lowest BCUT2D eigenvalue weighted by atomic mass is 10.0. The van der Waals surface area contributed by atoms with Crippen molar-refractivity contribution in [3.8, 4) is 0 Å². The second-order valence-corrected chi connectivity index (χ2v) is 6.39. The van der Waals surface area contributed by atoms with Crippen molar-refractivity contribution in [3.63, 3.8) is 0 Å². The molecule has 0 aliphatic rings. The molecule has 0 saturated heterocycles. The molecule has 1 heterocycles. The predicted octanol–water partition coefficient (Wildman–Crippen LogP) is 4.70. The van der Waals surface area contributed by atoms with Crippen LogP contribution in [0.2, 0.25) is 5.15 Å². The SMILES string of the molecule is CN(C)c1ccc(C(=Nc2nccnc2Cl)N(B(F)F)c2ccccc2)cc1. The molecular formula is C19H17BClF2N5. The lowest BCUT2D eigenvalue weighted by molar-refractivity contribution is 0.659. The minimum atomic E-state index is -2.83. The molecule has 5 nitrogen and oxygen atoms in total. The van der Waals surface area contributed by atoms with Crippen LogP contribution in [0.3, 0.4) is 0 Å². The Hall–Kier alpha value is -3.00. The van der Waals surface area contributed by atoms with E-state index >= 15 is 0 Å². The van der Waals surface area contributed by atoms with Crippen LogP contribution in [0.15, 0.2) is 72.0 Å². The second-order valence-electron chi connectivity index (χ2n) is 6.03. The van der Waals surface area contributed by atoms with Gasteiger partial charge in [0.1, 0.15) is 5.84 Å². The van der Waals surface area contributed by atoms with Gasteiger partial charge in [0.05, 0.1) is 0 Å². The molecule has 1 aromatic heterocycles. The second kappa shape index (κ2) is 8.80. The molecule has 0 bridgehead atoms. The first-order valence-corrected chi connectivity index (χ1v) is 8.80. The molecule has 0 radical (unpaired) electrons. The highest BCUT2D eigenvalue weighted by atomic mass is 35.5. The Labute approximate surface area is 167 Å². The van der Waals surface area contributed by atoms with Gasteiger partial charge in [-0.1, -0.05) is 29.8 Å². The maximum absolute atomic E-state index is 14.1. The summed E-state index contributed by atoms with van der Waals surface area (Å²) in [6.07, 6.45) is 2.82. The summed E-state index contributed by atoms with van der Waals surface area (Å²) in [5.74, 6) is 0.0892. The highest BCUT2D eigenvalue weighted by Gasteiger charge is 2.31. The highest BCUT2D eigenvalue weighted by Crippen LogP contribution is 2.26. The van der Waals surface area contributed by atoms with Gasteiger partial charge < -0.3 is 9.71 Å². The van der Waals surface area contributed by atoms with Crippen LogP contribution in [0, 0.1) is 0 Å². The number of hydrogen-bond donors (Lipinski definition) is 0. The van der Waals surface area contributed by atoms with E-state index in [1.54, 1.807) is 42.5 Å². The van der Waals surface area contributed by atoms with Gasteiger partial charge in [0.15, 0.2) is 11.0 Å². The van der Waals surface area contributed by atoms with Gasteiger partial charge in [-0.2, -0.15) is 0 Å². The van der Waals surface area contributed by atoms with E-state index in [-0.39, 0.29) is 16.8 Å². The van der Waals surface area contributed by atoms with Crippen molar-refractivity contribution < 1.29 is 8.63 Å². The number of anilines is 2. The Bertz CT molecular complexity index is 952. The summed E-state index contributed by atoms with van der Waals surface area (Å²) in [6.45, 7) is 0. The normalized spacial score (nSPS) is 11.2. The zero-order valence-electron chi connectivity index (χ0n) is 15.3. The number of aliphatic imine (C=N–C) groups is 1. The molecule has 0 amide bonds. The van der Waals surface area contributed by atoms with E-state index < -0.39 is 7.40 Å². The van der Waals surface area contributed by atoms with Crippen LogP contribution in [-0.2, 0) is 0 Å². The summed E-state index contributed by atoms with van der Waals surface area (Å²) >= 11 is 6.06. The van der Waals surface area contributed by atoms with Crippen LogP contribution in [0.25, 0.3) is 0 Å². The molecule has 0 aliphatic carbocycles. The molecule has 28 heavy (non-hydrogen) atoms. The standard InChI is InChI=1S/C19H17BClF2N5/c1-27(2)15-10-8-14(9-11-15)19(26-18-17(21)24-12-13-25-18)28(20(22)23)16-6-4-3-5-7-16/h3-13H,1-2H3. The maximum atomic E-state index is 14.1. The Morgan fingerprint density at radius 1 is 0.929 bits per heavy atom. The van der Waals surface area contributed by atoms with E-state index in [0.29, 0.717) is 11.3 Å². The van der Waals surface area contributed by atoms with Gasteiger partial charge >= 0.3 is 7.40 Å². The lowest BCUT2D eigenvalue weighted by Gasteiger charge is -2.24. The highest BCUT2D eigenvalue weighted by molar-refractivity contribution is 6.56. The van der Waals surface area contributed by atoms with Gasteiger partial charge in [-0.05, 0) is 36.4 Å². The fraction of sp³-hybridized carbons (Fsp3) is 0.105. The van der Waals surface area contributed by atoms with Gasteiger partial charge in [0.25, 0.3) is 0 Å². The molecule has 3 aromatic rings. The van der Waals surface area contributed by atoms with E-state index in [9.17, 15) is 8.63 Å². The molecule has 3 rings (SSSR count). The van der Waals surface area contributed by atoms with Crippen molar-refractivity contribution in [1.82, 2.24) is 9.97 Å². The van der Waals surface area contributed by atoms with Crippen LogP contribution in [0.1, 0.15) is 5.56 Å². The smallest absolute Gasteiger partial charge is 0.378 e. The molecule has 0 spiro atoms. The third-order valence-corrected chi connectivity index (χ3v) is 4.21. The summed E-state index contributed by atoms with van der Waals surface area (Å²) in [5, 5.41) is 0.0344. The number of amidine groups is 1. The zero-order valence-corrected chi connectivity index (χ0v) is 16.1. The Morgan fingerprint density at radius 3 is 2.14 bits per heavy atom. The summed E-state index contributed by atoms with van der Waals surface area (Å²) in [7, 11) is 0.975. The van der Waals surface area contributed by atoms with Gasteiger partial charge in [-0.15, -0.1) is 0 Å². The van der Waals surface area contributed by atoms with Crippen LogP contribution in [0.4, 0.5) is 25.8 Å². The first-order chi connectivity index (χ1) is 13.5. The Kier molecular flexibility index (Phi) is 6.21. The van der Waals surface area contributed by atoms with E-state index in [2.05, 4.69) is 15.0 Å². The molecule has 0 N–H and O–H groups in total. The van der Waals surface area contributed by atoms with Crippen molar-refractivity contribution in [1.29, 1.82) is 0 Å². The van der Waals surface area contributed by atoms with Crippen molar-refractivity contribution in [3.05, 3.63) is 77.7 Å². The average Bonchev–Trinajstić information content (AvgIpc) is 2.69. The number of para-hydroxylation sites is 1. The number of aromatic nitrogens is 2. The number of benzene rings is 2. The molecule has 0 atom stereocenters. The third-order valence-electron chi connectivity index (χ3n) is 3.95. The van der Waals surface area contributed by atoms with E-state index in [1.165, 1.54) is 12.4 Å². The van der Waals surface area contributed by atoms with E-state index in [0.717, 1.165) is 10.5 Å².